The Morgan fingerprint density at radius 2 is 0.906 bits per heavy atom. The van der Waals surface area contributed by atoms with E-state index in [9.17, 15) is 5.11 Å². The molecule has 0 spiro atoms. The highest BCUT2D eigenvalue weighted by Crippen LogP contribution is 2.48. The van der Waals surface area contributed by atoms with Crippen LogP contribution in [0.15, 0.2) is 218 Å². The molecule has 0 radical (unpaired) electrons. The van der Waals surface area contributed by atoms with Gasteiger partial charge in [-0.15, -0.1) is 0 Å². The van der Waals surface area contributed by atoms with Gasteiger partial charge >= 0.3 is 0 Å². The smallest absolute Gasteiger partial charge is 0.145 e. The summed E-state index contributed by atoms with van der Waals surface area (Å²) in [6.07, 6.45) is 0. The molecule has 12 aromatic rings. The number of fused-ring (bicyclic) bond motifs is 5. The van der Waals surface area contributed by atoms with Crippen LogP contribution in [0, 0.1) is 0 Å². The zero-order valence-corrected chi connectivity index (χ0v) is 35.0. The Morgan fingerprint density at radius 3 is 1.56 bits per heavy atom. The van der Waals surface area contributed by atoms with Gasteiger partial charge in [-0.25, -0.2) is 4.98 Å². The van der Waals surface area contributed by atoms with Crippen LogP contribution in [0.4, 0.5) is 0 Å². The maximum Gasteiger partial charge on any atom is 0.145 e. The number of aromatic hydroxyl groups is 1. The molecule has 1 heterocycles. The van der Waals surface area contributed by atoms with Crippen LogP contribution >= 0.6 is 0 Å². The average molecular weight is 821 g/mol. The van der Waals surface area contributed by atoms with E-state index in [-0.39, 0.29) is 5.75 Å². The predicted octanol–water partition coefficient (Wildman–Crippen LogP) is 15.7. The molecule has 0 saturated heterocycles. The molecule has 0 fully saturated rings. The molecule has 0 atom stereocenters. The standard InChI is InChI=1S/C60H40N2O2/c1-64-56-21-11-20-55(63)59(56)47-31-33-50-52(37-47)58(46-29-25-39-13-6-8-15-43(39)35-46)49-32-30-44(36-51(49)57(50)45-28-24-38-12-5-7-14-42(38)34-45)40-22-26-41(27-23-40)60-61-53-18-9-10-19-54(53)62(60)48-16-3-2-4-17-48/h2-37,63H,1H3. The normalized spacial score (nSPS) is 11.6. The molecule has 0 unspecified atom stereocenters. The van der Waals surface area contributed by atoms with E-state index in [0.29, 0.717) is 11.3 Å². The molecule has 4 nitrogen and oxygen atoms in total. The van der Waals surface area contributed by atoms with Gasteiger partial charge in [0.25, 0.3) is 0 Å². The van der Waals surface area contributed by atoms with Gasteiger partial charge in [0.15, 0.2) is 0 Å². The molecule has 0 amide bonds. The molecular formula is C60H40N2O2. The van der Waals surface area contributed by atoms with Gasteiger partial charge in [0.1, 0.15) is 17.3 Å². The second kappa shape index (κ2) is 15.2. The molecule has 11 aromatic carbocycles. The molecule has 0 bridgehead atoms. The topological polar surface area (TPSA) is 47.3 Å². The van der Waals surface area contributed by atoms with Crippen LogP contribution in [0.25, 0.3) is 116 Å². The molecule has 0 aliphatic heterocycles. The van der Waals surface area contributed by atoms with Crippen molar-refractivity contribution in [2.24, 2.45) is 0 Å². The van der Waals surface area contributed by atoms with E-state index in [0.717, 1.165) is 88.6 Å². The van der Waals surface area contributed by atoms with Crippen LogP contribution in [0.5, 0.6) is 11.5 Å². The minimum absolute atomic E-state index is 0.175. The molecule has 64 heavy (non-hydrogen) atoms. The highest BCUT2D eigenvalue weighted by Gasteiger charge is 2.21. The number of aromatic nitrogens is 2. The Morgan fingerprint density at radius 1 is 0.391 bits per heavy atom. The summed E-state index contributed by atoms with van der Waals surface area (Å²) in [6.45, 7) is 0. The fourth-order valence-electron chi connectivity index (χ4n) is 9.72. The number of hydrogen-bond acceptors (Lipinski definition) is 3. The number of methoxy groups -OCH3 is 1. The first-order chi connectivity index (χ1) is 31.6. The van der Waals surface area contributed by atoms with Gasteiger partial charge in [-0.2, -0.15) is 0 Å². The number of ether oxygens (including phenoxy) is 1. The van der Waals surface area contributed by atoms with Crippen LogP contribution in [-0.2, 0) is 0 Å². The number of para-hydroxylation sites is 3. The number of nitrogens with zero attached hydrogens (tertiary/aromatic N) is 2. The van der Waals surface area contributed by atoms with Crippen molar-refractivity contribution in [3.63, 3.8) is 0 Å². The van der Waals surface area contributed by atoms with Crippen molar-refractivity contribution in [1.82, 2.24) is 9.55 Å². The maximum absolute atomic E-state index is 11.3. The second-order valence-electron chi connectivity index (χ2n) is 16.4. The minimum Gasteiger partial charge on any atom is -0.507 e. The van der Waals surface area contributed by atoms with Crippen LogP contribution in [0.1, 0.15) is 0 Å². The van der Waals surface area contributed by atoms with Crippen molar-refractivity contribution in [3.8, 4) is 73.1 Å². The van der Waals surface area contributed by atoms with Gasteiger partial charge in [-0.05, 0) is 143 Å². The van der Waals surface area contributed by atoms with E-state index < -0.39 is 0 Å². The predicted molar refractivity (Wildman–Crippen MR) is 266 cm³/mol. The first-order valence-electron chi connectivity index (χ1n) is 21.6. The number of rotatable bonds is 7. The number of benzene rings is 11. The van der Waals surface area contributed by atoms with Crippen LogP contribution in [0.3, 0.4) is 0 Å². The number of hydrogen-bond donors (Lipinski definition) is 1. The first-order valence-corrected chi connectivity index (χ1v) is 21.6. The third-order valence-electron chi connectivity index (χ3n) is 12.8. The molecule has 0 aliphatic rings. The summed E-state index contributed by atoms with van der Waals surface area (Å²) in [6, 6.07) is 77.2. The molecule has 0 aliphatic carbocycles. The summed E-state index contributed by atoms with van der Waals surface area (Å²) < 4.78 is 8.07. The molecule has 4 heteroatoms. The summed E-state index contributed by atoms with van der Waals surface area (Å²) in [5.74, 6) is 1.70. The number of imidazole rings is 1. The highest BCUT2D eigenvalue weighted by atomic mass is 16.5. The summed E-state index contributed by atoms with van der Waals surface area (Å²) in [5.41, 5.74) is 12.5. The first kappa shape index (κ1) is 37.3. The van der Waals surface area contributed by atoms with Crippen molar-refractivity contribution in [2.45, 2.75) is 0 Å². The zero-order chi connectivity index (χ0) is 42.7. The Labute approximate surface area is 370 Å². The third kappa shape index (κ3) is 6.19. The van der Waals surface area contributed by atoms with Gasteiger partial charge in [-0.1, -0.05) is 158 Å². The minimum atomic E-state index is 0.175. The lowest BCUT2D eigenvalue weighted by Crippen LogP contribution is -1.97. The van der Waals surface area contributed by atoms with E-state index in [4.69, 9.17) is 9.72 Å². The largest absolute Gasteiger partial charge is 0.507 e. The van der Waals surface area contributed by atoms with Crippen molar-refractivity contribution in [1.29, 1.82) is 0 Å². The van der Waals surface area contributed by atoms with Crippen LogP contribution in [0.2, 0.25) is 0 Å². The van der Waals surface area contributed by atoms with Crippen molar-refractivity contribution in [3.05, 3.63) is 218 Å². The molecule has 1 aromatic heterocycles. The maximum atomic E-state index is 11.3. The quantitative estimate of drug-likeness (QED) is 0.163. The van der Waals surface area contributed by atoms with E-state index in [1.165, 1.54) is 21.5 Å². The van der Waals surface area contributed by atoms with Crippen molar-refractivity contribution >= 4 is 54.1 Å². The average Bonchev–Trinajstić information content (AvgIpc) is 3.75. The van der Waals surface area contributed by atoms with Gasteiger partial charge in [0, 0.05) is 11.3 Å². The number of phenolic OH excluding ortho intramolecular Hbond substituents is 1. The van der Waals surface area contributed by atoms with Crippen LogP contribution < -0.4 is 4.74 Å². The Balaban J connectivity index is 1.11. The summed E-state index contributed by atoms with van der Waals surface area (Å²) in [7, 11) is 1.65. The summed E-state index contributed by atoms with van der Waals surface area (Å²) >= 11 is 0. The monoisotopic (exact) mass is 820 g/mol. The lowest BCUT2D eigenvalue weighted by molar-refractivity contribution is 0.410. The van der Waals surface area contributed by atoms with E-state index in [1.54, 1.807) is 13.2 Å². The fourth-order valence-corrected chi connectivity index (χ4v) is 9.72. The van der Waals surface area contributed by atoms with E-state index in [1.807, 2.05) is 24.3 Å². The van der Waals surface area contributed by atoms with Crippen LogP contribution in [-0.4, -0.2) is 21.8 Å². The summed E-state index contributed by atoms with van der Waals surface area (Å²) in [4.78, 5) is 5.14. The van der Waals surface area contributed by atoms with Gasteiger partial charge in [-0.3, -0.25) is 4.57 Å². The Bertz CT molecular complexity index is 3770. The van der Waals surface area contributed by atoms with Gasteiger partial charge in [0.2, 0.25) is 0 Å². The Hall–Kier alpha value is -8.47. The SMILES string of the molecule is COc1cccc(O)c1-c1ccc2c(-c3ccc4ccccc4c3)c3cc(-c4ccc(-c5nc6ccccc6n5-c5ccccc5)cc4)ccc3c(-c3ccc4ccccc4c3)c2c1. The molecule has 12 rings (SSSR count). The lowest BCUT2D eigenvalue weighted by Gasteiger charge is -2.20. The lowest BCUT2D eigenvalue weighted by atomic mass is 9.83. The van der Waals surface area contributed by atoms with E-state index in [2.05, 4.69) is 193 Å². The zero-order valence-electron chi connectivity index (χ0n) is 35.0. The number of phenols is 1. The van der Waals surface area contributed by atoms with Gasteiger partial charge < -0.3 is 9.84 Å². The van der Waals surface area contributed by atoms with E-state index >= 15 is 0 Å². The molecule has 0 saturated carbocycles. The second-order valence-corrected chi connectivity index (χ2v) is 16.4. The molecule has 1 N–H and O–H groups in total. The molecular weight excluding hydrogens is 781 g/mol. The van der Waals surface area contributed by atoms with Crippen molar-refractivity contribution in [2.75, 3.05) is 7.11 Å². The van der Waals surface area contributed by atoms with Crippen molar-refractivity contribution < 1.29 is 9.84 Å². The molecule has 302 valence electrons. The third-order valence-corrected chi connectivity index (χ3v) is 12.8. The highest BCUT2D eigenvalue weighted by molar-refractivity contribution is 6.23. The van der Waals surface area contributed by atoms with Gasteiger partial charge in [0.05, 0.1) is 23.7 Å². The summed E-state index contributed by atoms with van der Waals surface area (Å²) in [5, 5.41) is 20.6. The fraction of sp³-hybridized carbons (Fsp3) is 0.0167. The Kier molecular flexibility index (Phi) is 8.84.